The molecule has 1 heterocycles. The van der Waals surface area contributed by atoms with Gasteiger partial charge in [-0.1, -0.05) is 31.5 Å². The van der Waals surface area contributed by atoms with E-state index >= 15 is 0 Å². The molecule has 1 aliphatic rings. The molecule has 2 rings (SSSR count). The highest BCUT2D eigenvalue weighted by Gasteiger charge is 2.26. The van der Waals surface area contributed by atoms with Gasteiger partial charge in [-0.2, -0.15) is 0 Å². The Balaban J connectivity index is 2.03. The van der Waals surface area contributed by atoms with Crippen LogP contribution in [-0.4, -0.2) is 39.0 Å². The zero-order valence-electron chi connectivity index (χ0n) is 13.2. The van der Waals surface area contributed by atoms with Crippen molar-refractivity contribution in [1.82, 2.24) is 9.62 Å². The van der Waals surface area contributed by atoms with Gasteiger partial charge in [0, 0.05) is 12.6 Å². The van der Waals surface area contributed by atoms with Gasteiger partial charge in [0.2, 0.25) is 10.0 Å². The van der Waals surface area contributed by atoms with Gasteiger partial charge in [0.1, 0.15) is 0 Å². The molecule has 4 nitrogen and oxygen atoms in total. The highest BCUT2D eigenvalue weighted by Crippen LogP contribution is 2.18. The maximum absolute atomic E-state index is 12.4. The molecule has 21 heavy (non-hydrogen) atoms. The monoisotopic (exact) mass is 310 g/mol. The van der Waals surface area contributed by atoms with Gasteiger partial charge in [0.05, 0.1) is 4.90 Å². The van der Waals surface area contributed by atoms with Crippen LogP contribution >= 0.6 is 0 Å². The third kappa shape index (κ3) is 4.28. The van der Waals surface area contributed by atoms with Crippen LogP contribution in [0.3, 0.4) is 0 Å². The average Bonchev–Trinajstić information content (AvgIpc) is 2.93. The van der Waals surface area contributed by atoms with E-state index in [0.717, 1.165) is 18.7 Å². The molecule has 1 atom stereocenters. The van der Waals surface area contributed by atoms with Crippen molar-refractivity contribution in [3.63, 3.8) is 0 Å². The predicted molar refractivity (Wildman–Crippen MR) is 85.8 cm³/mol. The summed E-state index contributed by atoms with van der Waals surface area (Å²) < 4.78 is 27.5. The summed E-state index contributed by atoms with van der Waals surface area (Å²) in [7, 11) is -3.41. The Labute approximate surface area is 128 Å². The summed E-state index contributed by atoms with van der Waals surface area (Å²) in [5.74, 6) is 0.434. The Hall–Kier alpha value is -0.910. The molecule has 1 fully saturated rings. The minimum absolute atomic E-state index is 0.271. The van der Waals surface area contributed by atoms with E-state index in [-0.39, 0.29) is 6.04 Å². The molecule has 0 aliphatic carbocycles. The van der Waals surface area contributed by atoms with Crippen LogP contribution in [0, 0.1) is 12.8 Å². The lowest BCUT2D eigenvalue weighted by molar-refractivity contribution is 0.193. The van der Waals surface area contributed by atoms with Crippen molar-refractivity contribution >= 4 is 10.0 Å². The number of benzene rings is 1. The van der Waals surface area contributed by atoms with E-state index < -0.39 is 10.0 Å². The summed E-state index contributed by atoms with van der Waals surface area (Å²) in [6, 6.07) is 7.26. The molecule has 0 aromatic heterocycles. The first-order valence-corrected chi connectivity index (χ1v) is 9.19. The second-order valence-corrected chi connectivity index (χ2v) is 7.99. The number of hydrogen-bond donors (Lipinski definition) is 1. The molecule has 1 N–H and O–H groups in total. The summed E-state index contributed by atoms with van der Waals surface area (Å²) in [4.78, 5) is 2.75. The summed E-state index contributed by atoms with van der Waals surface area (Å²) in [6.07, 6.45) is 2.43. The molecule has 0 saturated carbocycles. The summed E-state index contributed by atoms with van der Waals surface area (Å²) in [5, 5.41) is 0. The smallest absolute Gasteiger partial charge is 0.240 e. The minimum atomic E-state index is -3.41. The summed E-state index contributed by atoms with van der Waals surface area (Å²) in [6.45, 7) is 8.90. The van der Waals surface area contributed by atoms with Crippen LogP contribution in [0.5, 0.6) is 0 Å². The summed E-state index contributed by atoms with van der Waals surface area (Å²) >= 11 is 0. The number of hydrogen-bond acceptors (Lipinski definition) is 3. The second kappa shape index (κ2) is 6.90. The third-order valence-electron chi connectivity index (χ3n) is 4.19. The van der Waals surface area contributed by atoms with Crippen LogP contribution in [0.25, 0.3) is 0 Å². The zero-order chi connectivity index (χ0) is 15.5. The fraction of sp³-hybridized carbons (Fsp3) is 0.625. The van der Waals surface area contributed by atoms with Crippen molar-refractivity contribution in [3.8, 4) is 0 Å². The highest BCUT2D eigenvalue weighted by atomic mass is 32.2. The molecule has 0 radical (unpaired) electrons. The lowest BCUT2D eigenvalue weighted by atomic mass is 10.0. The third-order valence-corrected chi connectivity index (χ3v) is 5.63. The minimum Gasteiger partial charge on any atom is -0.299 e. The maximum Gasteiger partial charge on any atom is 0.240 e. The topological polar surface area (TPSA) is 49.4 Å². The van der Waals surface area contributed by atoms with Gasteiger partial charge in [-0.25, -0.2) is 13.1 Å². The fourth-order valence-electron chi connectivity index (χ4n) is 2.86. The van der Waals surface area contributed by atoms with Crippen LogP contribution in [0.2, 0.25) is 0 Å². The molecule has 1 aliphatic heterocycles. The molecule has 1 aromatic rings. The first kappa shape index (κ1) is 16.5. The van der Waals surface area contributed by atoms with Gasteiger partial charge < -0.3 is 0 Å². The van der Waals surface area contributed by atoms with Crippen molar-refractivity contribution in [2.45, 2.75) is 44.6 Å². The SMILES string of the molecule is Cc1ccc(S(=O)(=O)NCC(C(C)C)N2CCCC2)cc1. The number of likely N-dealkylation sites (tertiary alicyclic amines) is 1. The van der Waals surface area contributed by atoms with Gasteiger partial charge >= 0.3 is 0 Å². The first-order chi connectivity index (χ1) is 9.90. The second-order valence-electron chi connectivity index (χ2n) is 6.22. The number of sulfonamides is 1. The van der Waals surface area contributed by atoms with E-state index in [0.29, 0.717) is 17.4 Å². The fourth-order valence-corrected chi connectivity index (χ4v) is 3.91. The molecule has 0 amide bonds. The Morgan fingerprint density at radius 3 is 2.24 bits per heavy atom. The van der Waals surface area contributed by atoms with Gasteiger partial charge in [0.25, 0.3) is 0 Å². The van der Waals surface area contributed by atoms with E-state index in [1.54, 1.807) is 12.1 Å². The van der Waals surface area contributed by atoms with Crippen molar-refractivity contribution in [3.05, 3.63) is 29.8 Å². The Morgan fingerprint density at radius 1 is 1.14 bits per heavy atom. The van der Waals surface area contributed by atoms with Crippen molar-refractivity contribution < 1.29 is 8.42 Å². The van der Waals surface area contributed by atoms with Crippen molar-refractivity contribution in [2.75, 3.05) is 19.6 Å². The van der Waals surface area contributed by atoms with Gasteiger partial charge in [-0.3, -0.25) is 4.90 Å². The predicted octanol–water partition coefficient (Wildman–Crippen LogP) is 2.39. The molecule has 118 valence electrons. The molecule has 0 spiro atoms. The van der Waals surface area contributed by atoms with Crippen LogP contribution < -0.4 is 4.72 Å². The van der Waals surface area contributed by atoms with Crippen molar-refractivity contribution in [2.24, 2.45) is 5.92 Å². The number of aryl methyl sites for hydroxylation is 1. The Kier molecular flexibility index (Phi) is 5.41. The molecule has 0 bridgehead atoms. The van der Waals surface area contributed by atoms with E-state index in [4.69, 9.17) is 0 Å². The van der Waals surface area contributed by atoms with E-state index in [1.165, 1.54) is 12.8 Å². The normalized spacial score (nSPS) is 18.3. The quantitative estimate of drug-likeness (QED) is 0.878. The van der Waals surface area contributed by atoms with Crippen molar-refractivity contribution in [1.29, 1.82) is 0 Å². The number of nitrogens with one attached hydrogen (secondary N) is 1. The largest absolute Gasteiger partial charge is 0.299 e. The molecule has 5 heteroatoms. The molecule has 1 unspecified atom stereocenters. The lowest BCUT2D eigenvalue weighted by Crippen LogP contribution is -2.45. The Morgan fingerprint density at radius 2 is 1.71 bits per heavy atom. The van der Waals surface area contributed by atoms with E-state index in [2.05, 4.69) is 23.5 Å². The molecule has 1 aromatic carbocycles. The van der Waals surface area contributed by atoms with E-state index in [1.807, 2.05) is 19.1 Å². The molecule has 1 saturated heterocycles. The average molecular weight is 310 g/mol. The zero-order valence-corrected chi connectivity index (χ0v) is 14.0. The standard InChI is InChI=1S/C16H26N2O2S/c1-13(2)16(18-10-4-5-11-18)12-17-21(19,20)15-8-6-14(3)7-9-15/h6-9,13,16-17H,4-5,10-12H2,1-3H3. The first-order valence-electron chi connectivity index (χ1n) is 7.70. The van der Waals surface area contributed by atoms with Crippen LogP contribution in [0.15, 0.2) is 29.2 Å². The lowest BCUT2D eigenvalue weighted by Gasteiger charge is -2.30. The van der Waals surface area contributed by atoms with Crippen LogP contribution in [-0.2, 0) is 10.0 Å². The maximum atomic E-state index is 12.4. The van der Waals surface area contributed by atoms with Crippen LogP contribution in [0.1, 0.15) is 32.3 Å². The number of nitrogens with zero attached hydrogens (tertiary/aromatic N) is 1. The van der Waals surface area contributed by atoms with Gasteiger partial charge in [-0.15, -0.1) is 0 Å². The number of rotatable bonds is 6. The van der Waals surface area contributed by atoms with E-state index in [9.17, 15) is 8.42 Å². The highest BCUT2D eigenvalue weighted by molar-refractivity contribution is 7.89. The van der Waals surface area contributed by atoms with Gasteiger partial charge in [0.15, 0.2) is 0 Å². The molecular formula is C16H26N2O2S. The Bertz CT molecular complexity index is 546. The van der Waals surface area contributed by atoms with Gasteiger partial charge in [-0.05, 0) is 50.9 Å². The summed E-state index contributed by atoms with van der Waals surface area (Å²) in [5.41, 5.74) is 1.06. The molecular weight excluding hydrogens is 284 g/mol. The van der Waals surface area contributed by atoms with Crippen LogP contribution in [0.4, 0.5) is 0 Å².